The first kappa shape index (κ1) is 30.4. The van der Waals surface area contributed by atoms with Gasteiger partial charge >= 0.3 is 0 Å². The Kier molecular flexibility index (Phi) is 14.0. The molecule has 1 heterocycles. The van der Waals surface area contributed by atoms with E-state index in [2.05, 4.69) is 35.5 Å². The van der Waals surface area contributed by atoms with Gasteiger partial charge in [-0.05, 0) is 48.6 Å². The number of nitrogens with zero attached hydrogens (tertiary/aromatic N) is 1. The molecular weight excluding hydrogens is 512 g/mol. The summed E-state index contributed by atoms with van der Waals surface area (Å²) in [7, 11) is 0. The maximum Gasteiger partial charge on any atom is 0.255 e. The van der Waals surface area contributed by atoms with E-state index in [-0.39, 0.29) is 5.91 Å². The van der Waals surface area contributed by atoms with Crippen LogP contribution in [0.15, 0.2) is 53.6 Å². The lowest BCUT2D eigenvalue weighted by Crippen LogP contribution is -2.17. The third kappa shape index (κ3) is 10.9. The van der Waals surface area contributed by atoms with Crippen LogP contribution in [-0.2, 0) is 6.54 Å². The lowest BCUT2D eigenvalue weighted by molar-refractivity contribution is 0.102. The monoisotopic (exact) mass is 556 g/mol. The van der Waals surface area contributed by atoms with Crippen molar-refractivity contribution in [1.29, 1.82) is 0 Å². The van der Waals surface area contributed by atoms with Crippen LogP contribution in [0.1, 0.15) is 107 Å². The molecule has 0 radical (unpaired) electrons. The third-order valence-electron chi connectivity index (χ3n) is 6.99. The second kappa shape index (κ2) is 17.5. The molecule has 0 saturated heterocycles. The minimum atomic E-state index is -0.135. The van der Waals surface area contributed by atoms with Crippen molar-refractivity contribution in [2.75, 3.05) is 17.8 Å². The zero-order chi connectivity index (χ0) is 27.0. The highest BCUT2D eigenvalue weighted by Gasteiger charge is 2.14. The van der Waals surface area contributed by atoms with E-state index >= 15 is 0 Å². The molecule has 4 nitrogen and oxygen atoms in total. The van der Waals surface area contributed by atoms with Crippen molar-refractivity contribution >= 4 is 35.0 Å². The Bertz CT molecular complexity index is 1030. The van der Waals surface area contributed by atoms with Crippen LogP contribution in [-0.4, -0.2) is 23.3 Å². The van der Waals surface area contributed by atoms with Crippen LogP contribution in [0, 0.1) is 0 Å². The van der Waals surface area contributed by atoms with Gasteiger partial charge in [-0.25, -0.2) is 0 Å². The minimum absolute atomic E-state index is 0.135. The highest BCUT2D eigenvalue weighted by Crippen LogP contribution is 2.29. The Morgan fingerprint density at radius 1 is 0.947 bits per heavy atom. The summed E-state index contributed by atoms with van der Waals surface area (Å²) >= 11 is 8.17. The summed E-state index contributed by atoms with van der Waals surface area (Å²) in [5, 5.41) is 5.74. The minimum Gasteiger partial charge on any atom is -0.492 e. The van der Waals surface area contributed by atoms with Gasteiger partial charge in [-0.1, -0.05) is 101 Å². The quantitative estimate of drug-likeness (QED) is 0.185. The second-order valence-electron chi connectivity index (χ2n) is 10.3. The van der Waals surface area contributed by atoms with Crippen molar-refractivity contribution in [3.8, 4) is 5.75 Å². The number of amides is 1. The zero-order valence-electron chi connectivity index (χ0n) is 23.3. The van der Waals surface area contributed by atoms with E-state index in [4.69, 9.17) is 16.3 Å². The van der Waals surface area contributed by atoms with Gasteiger partial charge in [-0.2, -0.15) is 0 Å². The van der Waals surface area contributed by atoms with Crippen LogP contribution in [0.3, 0.4) is 0 Å². The van der Waals surface area contributed by atoms with Crippen molar-refractivity contribution in [2.45, 2.75) is 97.4 Å². The zero-order valence-corrected chi connectivity index (χ0v) is 24.8. The number of carbonyl (C=O) groups is 1. The maximum atomic E-state index is 12.9. The number of allylic oxidation sites excluding steroid dienone is 1. The fraction of sp³-hybridized carbons (Fsp3) is 0.531. The van der Waals surface area contributed by atoms with Gasteiger partial charge in [0.1, 0.15) is 5.75 Å². The summed E-state index contributed by atoms with van der Waals surface area (Å²) in [5.41, 5.74) is 3.71. The van der Waals surface area contributed by atoms with Crippen LogP contribution in [0.2, 0.25) is 5.02 Å². The average molecular weight is 557 g/mol. The van der Waals surface area contributed by atoms with E-state index in [1.165, 1.54) is 76.3 Å². The Morgan fingerprint density at radius 3 is 2.29 bits per heavy atom. The summed E-state index contributed by atoms with van der Waals surface area (Å²) in [6, 6.07) is 13.2. The first-order chi connectivity index (χ1) is 18.6. The predicted octanol–water partition coefficient (Wildman–Crippen LogP) is 10.0. The van der Waals surface area contributed by atoms with E-state index in [9.17, 15) is 4.79 Å². The number of halogens is 1. The molecule has 6 heteroatoms. The number of unbranched alkanes of at least 4 members (excludes halogenated alkanes) is 11. The fourth-order valence-corrected chi connectivity index (χ4v) is 5.76. The summed E-state index contributed by atoms with van der Waals surface area (Å²) in [6.45, 7) is 5.83. The Labute approximate surface area is 239 Å². The number of carbonyl (C=O) groups excluding carboxylic acids is 1. The molecule has 0 aliphatic carbocycles. The molecule has 0 spiro atoms. The van der Waals surface area contributed by atoms with E-state index < -0.39 is 0 Å². The molecule has 0 atom stereocenters. The number of anilines is 1. The van der Waals surface area contributed by atoms with Gasteiger partial charge in [0.15, 0.2) is 0 Å². The van der Waals surface area contributed by atoms with E-state index in [1.54, 1.807) is 17.8 Å². The number of rotatable bonds is 18. The van der Waals surface area contributed by atoms with Crippen LogP contribution >= 0.6 is 23.4 Å². The van der Waals surface area contributed by atoms with Crippen LogP contribution in [0.5, 0.6) is 5.75 Å². The van der Waals surface area contributed by atoms with Gasteiger partial charge in [0.2, 0.25) is 0 Å². The van der Waals surface area contributed by atoms with Crippen molar-refractivity contribution in [3.05, 3.63) is 69.7 Å². The van der Waals surface area contributed by atoms with Crippen LogP contribution < -0.4 is 10.1 Å². The van der Waals surface area contributed by atoms with Crippen molar-refractivity contribution in [2.24, 2.45) is 0 Å². The van der Waals surface area contributed by atoms with Gasteiger partial charge in [0, 0.05) is 29.6 Å². The van der Waals surface area contributed by atoms with Crippen molar-refractivity contribution in [1.82, 2.24) is 4.90 Å². The average Bonchev–Trinajstić information content (AvgIpc) is 3.32. The summed E-state index contributed by atoms with van der Waals surface area (Å²) in [5.74, 6) is 1.44. The third-order valence-corrected chi connectivity index (χ3v) is 8.27. The molecule has 3 rings (SSSR count). The Morgan fingerprint density at radius 2 is 1.63 bits per heavy atom. The van der Waals surface area contributed by atoms with Crippen LogP contribution in [0.25, 0.3) is 0 Å². The molecule has 0 fully saturated rings. The SMILES string of the molecule is CCCCCCCCCCCCCCOc1cc(NC(=O)c2cccc(CN3CSC=C3C)c2)ccc1Cl. The molecule has 0 aromatic heterocycles. The van der Waals surface area contributed by atoms with E-state index in [0.29, 0.717) is 28.6 Å². The van der Waals surface area contributed by atoms with Gasteiger partial charge in [-0.15, -0.1) is 11.8 Å². The normalized spacial score (nSPS) is 13.0. The molecule has 1 aliphatic rings. The molecule has 2 aromatic rings. The highest BCUT2D eigenvalue weighted by molar-refractivity contribution is 8.02. The maximum absolute atomic E-state index is 12.9. The molecule has 208 valence electrons. The molecule has 1 aliphatic heterocycles. The number of hydrogen-bond acceptors (Lipinski definition) is 4. The lowest BCUT2D eigenvalue weighted by atomic mass is 10.1. The number of nitrogens with one attached hydrogen (secondary N) is 1. The van der Waals surface area contributed by atoms with E-state index in [0.717, 1.165) is 24.4 Å². The Hall–Kier alpha value is -2.11. The highest BCUT2D eigenvalue weighted by atomic mass is 35.5. The number of benzene rings is 2. The lowest BCUT2D eigenvalue weighted by Gasteiger charge is -2.19. The van der Waals surface area contributed by atoms with Gasteiger partial charge in [0.25, 0.3) is 5.91 Å². The molecular formula is C32H45ClN2O2S. The number of ether oxygens (including phenoxy) is 1. The fourth-order valence-electron chi connectivity index (χ4n) is 4.65. The molecule has 1 amide bonds. The Balaban J connectivity index is 1.35. The molecule has 2 aromatic carbocycles. The van der Waals surface area contributed by atoms with Gasteiger partial charge in [-0.3, -0.25) is 4.79 Å². The second-order valence-corrected chi connectivity index (χ2v) is 11.5. The largest absolute Gasteiger partial charge is 0.492 e. The van der Waals surface area contributed by atoms with Gasteiger partial charge < -0.3 is 15.0 Å². The topological polar surface area (TPSA) is 41.6 Å². The first-order valence-electron chi connectivity index (χ1n) is 14.4. The molecule has 38 heavy (non-hydrogen) atoms. The molecule has 1 N–H and O–H groups in total. The van der Waals surface area contributed by atoms with E-state index in [1.807, 2.05) is 30.3 Å². The number of thioether (sulfide) groups is 1. The summed E-state index contributed by atoms with van der Waals surface area (Å²) < 4.78 is 5.96. The summed E-state index contributed by atoms with van der Waals surface area (Å²) in [6.07, 6.45) is 15.8. The standard InChI is InChI=1S/C32H45ClN2O2S/c1-3-4-5-6-7-8-9-10-11-12-13-14-20-37-31-22-29(18-19-30(31)33)34-32(36)28-17-15-16-27(21-28)23-35-25-38-24-26(35)2/h15-19,21-22,24H,3-14,20,23,25H2,1-2H3,(H,34,36). The van der Waals surface area contributed by atoms with Crippen molar-refractivity contribution in [3.63, 3.8) is 0 Å². The van der Waals surface area contributed by atoms with Gasteiger partial charge in [0.05, 0.1) is 17.5 Å². The molecule has 0 saturated carbocycles. The first-order valence-corrected chi connectivity index (χ1v) is 15.9. The summed E-state index contributed by atoms with van der Waals surface area (Å²) in [4.78, 5) is 15.2. The van der Waals surface area contributed by atoms with Crippen LogP contribution in [0.4, 0.5) is 5.69 Å². The van der Waals surface area contributed by atoms with Crippen molar-refractivity contribution < 1.29 is 9.53 Å². The molecule has 0 bridgehead atoms. The molecule has 0 unspecified atom stereocenters. The predicted molar refractivity (Wildman–Crippen MR) is 164 cm³/mol. The smallest absolute Gasteiger partial charge is 0.255 e. The number of hydrogen-bond donors (Lipinski definition) is 1.